The summed E-state index contributed by atoms with van der Waals surface area (Å²) in [5, 5.41) is 19.1. The fourth-order valence-corrected chi connectivity index (χ4v) is 4.53. The van der Waals surface area contributed by atoms with E-state index in [1.54, 1.807) is 34.7 Å². The number of hydrogen-bond donors (Lipinski definition) is 1. The van der Waals surface area contributed by atoms with Crippen molar-refractivity contribution in [2.45, 2.75) is 39.0 Å². The molecule has 0 bridgehead atoms. The molecule has 1 atom stereocenters. The van der Waals surface area contributed by atoms with Crippen LogP contribution in [-0.4, -0.2) is 49.7 Å². The lowest BCUT2D eigenvalue weighted by atomic mass is 10.2. The summed E-state index contributed by atoms with van der Waals surface area (Å²) < 4.78 is 29.6. The van der Waals surface area contributed by atoms with Crippen LogP contribution in [0.25, 0.3) is 0 Å². The van der Waals surface area contributed by atoms with Crippen LogP contribution in [0.2, 0.25) is 0 Å². The van der Waals surface area contributed by atoms with Crippen molar-refractivity contribution >= 4 is 10.0 Å². The van der Waals surface area contributed by atoms with Crippen LogP contribution >= 0.6 is 0 Å². The van der Waals surface area contributed by atoms with Crippen LogP contribution in [0.5, 0.6) is 0 Å². The van der Waals surface area contributed by atoms with Gasteiger partial charge in [0.05, 0.1) is 29.4 Å². The topological polar surface area (TPSA) is 93.2 Å². The lowest BCUT2D eigenvalue weighted by molar-refractivity contribution is 0.203. The second-order valence-corrected chi connectivity index (χ2v) is 8.16. The van der Waals surface area contributed by atoms with Crippen molar-refractivity contribution in [3.05, 3.63) is 35.4 Å². The number of nitrogens with zero attached hydrogens (tertiary/aromatic N) is 5. The minimum absolute atomic E-state index is 0.158. The molecule has 2 aromatic heterocycles. The molecule has 0 saturated heterocycles. The van der Waals surface area contributed by atoms with Gasteiger partial charge in [0.25, 0.3) is 0 Å². The molecule has 0 spiro atoms. The first-order valence-electron chi connectivity index (χ1n) is 8.13. The van der Waals surface area contributed by atoms with Gasteiger partial charge in [-0.1, -0.05) is 6.92 Å². The second-order valence-electron chi connectivity index (χ2n) is 6.07. The van der Waals surface area contributed by atoms with Gasteiger partial charge in [0.1, 0.15) is 6.10 Å². The summed E-state index contributed by atoms with van der Waals surface area (Å²) in [5.41, 5.74) is 1.98. The molecule has 1 N–H and O–H groups in total. The highest BCUT2D eigenvalue weighted by atomic mass is 32.2. The number of sulfonamides is 1. The molecule has 1 aliphatic rings. The third-order valence-corrected chi connectivity index (χ3v) is 6.30. The predicted molar refractivity (Wildman–Crippen MR) is 88.6 cm³/mol. The average Bonchev–Trinajstić information content (AvgIpc) is 3.07. The number of rotatable bonds is 5. The third kappa shape index (κ3) is 3.24. The van der Waals surface area contributed by atoms with Crippen LogP contribution in [-0.2, 0) is 30.2 Å². The van der Waals surface area contributed by atoms with Gasteiger partial charge >= 0.3 is 0 Å². The van der Waals surface area contributed by atoms with Gasteiger partial charge in [-0.25, -0.2) is 8.42 Å². The summed E-state index contributed by atoms with van der Waals surface area (Å²) >= 11 is 0. The van der Waals surface area contributed by atoms with E-state index in [2.05, 4.69) is 10.2 Å². The predicted octanol–water partition coefficient (Wildman–Crippen LogP) is 0.644. The fourth-order valence-electron chi connectivity index (χ4n) is 3.02. The lowest BCUT2D eigenvalue weighted by Crippen LogP contribution is -2.32. The van der Waals surface area contributed by atoms with Gasteiger partial charge in [0.2, 0.25) is 10.0 Å². The van der Waals surface area contributed by atoms with Crippen molar-refractivity contribution in [2.24, 2.45) is 7.05 Å². The van der Waals surface area contributed by atoms with E-state index in [4.69, 9.17) is 0 Å². The first-order valence-corrected chi connectivity index (χ1v) is 9.73. The second kappa shape index (κ2) is 6.66. The fraction of sp³-hybridized carbons (Fsp3) is 0.600. The molecule has 1 unspecified atom stereocenters. The highest BCUT2D eigenvalue weighted by Gasteiger charge is 2.27. The molecule has 3 heterocycles. The Balaban J connectivity index is 1.86. The van der Waals surface area contributed by atoms with Gasteiger partial charge in [-0.15, -0.1) is 0 Å². The minimum Gasteiger partial charge on any atom is -0.380 e. The quantitative estimate of drug-likeness (QED) is 0.852. The average molecular weight is 353 g/mol. The number of aliphatic hydroxyl groups is 1. The molecule has 0 radical (unpaired) electrons. The molecule has 24 heavy (non-hydrogen) atoms. The van der Waals surface area contributed by atoms with E-state index in [-0.39, 0.29) is 5.75 Å². The molecule has 9 heteroatoms. The zero-order valence-electron chi connectivity index (χ0n) is 14.0. The molecule has 132 valence electrons. The van der Waals surface area contributed by atoms with Gasteiger partial charge in [0, 0.05) is 26.3 Å². The van der Waals surface area contributed by atoms with Crippen molar-refractivity contribution in [3.8, 4) is 0 Å². The van der Waals surface area contributed by atoms with E-state index < -0.39 is 16.1 Å². The van der Waals surface area contributed by atoms with E-state index in [9.17, 15) is 13.5 Å². The Morgan fingerprint density at radius 2 is 2.17 bits per heavy atom. The monoisotopic (exact) mass is 353 g/mol. The molecular weight excluding hydrogens is 330 g/mol. The van der Waals surface area contributed by atoms with E-state index in [1.807, 2.05) is 6.92 Å². The van der Waals surface area contributed by atoms with Gasteiger partial charge in [-0.3, -0.25) is 9.36 Å². The Morgan fingerprint density at radius 1 is 1.38 bits per heavy atom. The smallest absolute Gasteiger partial charge is 0.214 e. The maximum atomic E-state index is 12.4. The number of aliphatic hydroxyl groups excluding tert-OH is 1. The van der Waals surface area contributed by atoms with Crippen LogP contribution in [0.3, 0.4) is 0 Å². The number of hydrogen-bond acceptors (Lipinski definition) is 5. The van der Waals surface area contributed by atoms with Gasteiger partial charge < -0.3 is 5.11 Å². The van der Waals surface area contributed by atoms with Gasteiger partial charge in [-0.05, 0) is 25.0 Å². The minimum atomic E-state index is -3.24. The molecule has 0 aromatic carbocycles. The van der Waals surface area contributed by atoms with Crippen LogP contribution in [0, 0.1) is 0 Å². The highest BCUT2D eigenvalue weighted by molar-refractivity contribution is 7.89. The molecule has 0 saturated carbocycles. The Morgan fingerprint density at radius 3 is 2.83 bits per heavy atom. The summed E-state index contributed by atoms with van der Waals surface area (Å²) in [7, 11) is -1.48. The normalized spacial score (nSPS) is 17.5. The summed E-state index contributed by atoms with van der Waals surface area (Å²) in [4.78, 5) is 0. The molecule has 1 aliphatic heterocycles. The molecule has 0 amide bonds. The molecule has 3 rings (SSSR count). The Labute approximate surface area is 141 Å². The highest BCUT2D eigenvalue weighted by Crippen LogP contribution is 2.24. The largest absolute Gasteiger partial charge is 0.380 e. The number of aryl methyl sites for hydroxylation is 2. The molecule has 0 aliphatic carbocycles. The van der Waals surface area contributed by atoms with Crippen molar-refractivity contribution in [1.29, 1.82) is 0 Å². The van der Waals surface area contributed by atoms with Gasteiger partial charge in [0.15, 0.2) is 0 Å². The maximum absolute atomic E-state index is 12.4. The summed E-state index contributed by atoms with van der Waals surface area (Å²) in [6.07, 6.45) is 2.05. The van der Waals surface area contributed by atoms with Crippen molar-refractivity contribution < 1.29 is 13.5 Å². The van der Waals surface area contributed by atoms with Crippen LogP contribution in [0.1, 0.15) is 43.0 Å². The van der Waals surface area contributed by atoms with Crippen molar-refractivity contribution in [2.75, 3.05) is 12.3 Å². The first-order chi connectivity index (χ1) is 11.4. The Bertz CT molecular complexity index is 811. The Kier molecular flexibility index (Phi) is 4.75. The zero-order valence-corrected chi connectivity index (χ0v) is 14.8. The lowest BCUT2D eigenvalue weighted by Gasteiger charge is -2.19. The number of aromatic nitrogens is 4. The zero-order chi connectivity index (χ0) is 17.3. The standard InChI is InChI=1S/C15H23N5O3S/c1-3-9-24(22,23)19-7-4-8-20-12(11-19)10-13(17-20)15(21)14-5-6-16-18(14)2/h5-6,10,15,21H,3-4,7-9,11H2,1-2H3. The van der Waals surface area contributed by atoms with E-state index in [0.29, 0.717) is 43.9 Å². The van der Waals surface area contributed by atoms with Crippen molar-refractivity contribution in [1.82, 2.24) is 23.9 Å². The van der Waals surface area contributed by atoms with Crippen molar-refractivity contribution in [3.63, 3.8) is 0 Å². The molecular formula is C15H23N5O3S. The van der Waals surface area contributed by atoms with E-state index >= 15 is 0 Å². The summed E-state index contributed by atoms with van der Waals surface area (Å²) in [6.45, 7) is 3.31. The Hall–Kier alpha value is -1.71. The summed E-state index contributed by atoms with van der Waals surface area (Å²) in [6, 6.07) is 3.53. The molecule has 8 nitrogen and oxygen atoms in total. The van der Waals surface area contributed by atoms with Crippen LogP contribution < -0.4 is 0 Å². The molecule has 2 aromatic rings. The maximum Gasteiger partial charge on any atom is 0.214 e. The van der Waals surface area contributed by atoms with E-state index in [1.165, 1.54) is 4.31 Å². The van der Waals surface area contributed by atoms with Gasteiger partial charge in [-0.2, -0.15) is 14.5 Å². The third-order valence-electron chi connectivity index (χ3n) is 4.27. The van der Waals surface area contributed by atoms with E-state index in [0.717, 1.165) is 5.69 Å². The molecule has 0 fully saturated rings. The SMILES string of the molecule is CCCS(=O)(=O)N1CCCn2nc(C(O)c3ccnn3C)cc2C1. The first kappa shape index (κ1) is 17.1. The summed E-state index contributed by atoms with van der Waals surface area (Å²) in [5.74, 6) is 0.158. The van der Waals surface area contributed by atoms with Crippen LogP contribution in [0.15, 0.2) is 18.3 Å². The van der Waals surface area contributed by atoms with Crippen LogP contribution in [0.4, 0.5) is 0 Å². The number of fused-ring (bicyclic) bond motifs is 1.